The Morgan fingerprint density at radius 3 is 2.61 bits per heavy atom. The third kappa shape index (κ3) is 3.54. The number of aliphatic hydroxyl groups is 1. The number of aromatic nitrogens is 4. The van der Waals surface area contributed by atoms with E-state index in [2.05, 4.69) is 51.9 Å². The number of anilines is 2. The second kappa shape index (κ2) is 7.02. The van der Waals surface area contributed by atoms with E-state index in [0.717, 1.165) is 23.4 Å². The summed E-state index contributed by atoms with van der Waals surface area (Å²) in [5, 5.41) is 24.6. The zero-order valence-electron chi connectivity index (χ0n) is 13.0. The van der Waals surface area contributed by atoms with Gasteiger partial charge in [0.1, 0.15) is 0 Å². The molecule has 2 N–H and O–H groups in total. The van der Waals surface area contributed by atoms with Gasteiger partial charge in [-0.05, 0) is 41.5 Å². The fourth-order valence-electron chi connectivity index (χ4n) is 2.30. The Kier molecular flexibility index (Phi) is 4.63. The topological polar surface area (TPSA) is 75.9 Å². The first-order chi connectivity index (χ1) is 11.3. The number of rotatable bonds is 6. The van der Waals surface area contributed by atoms with Crippen LogP contribution in [-0.4, -0.2) is 31.9 Å². The maximum absolute atomic E-state index is 8.95. The van der Waals surface area contributed by atoms with Gasteiger partial charge in [0.05, 0.1) is 13.2 Å². The zero-order valence-corrected chi connectivity index (χ0v) is 13.0. The number of para-hydroxylation sites is 1. The van der Waals surface area contributed by atoms with E-state index >= 15 is 0 Å². The molecule has 0 aliphatic heterocycles. The Labute approximate surface area is 134 Å². The molecular weight excluding hydrogens is 290 g/mol. The third-order valence-electron chi connectivity index (χ3n) is 3.56. The van der Waals surface area contributed by atoms with E-state index in [1.165, 1.54) is 10.4 Å². The third-order valence-corrected chi connectivity index (χ3v) is 3.56. The van der Waals surface area contributed by atoms with Crippen molar-refractivity contribution in [1.29, 1.82) is 0 Å². The van der Waals surface area contributed by atoms with E-state index in [1.807, 2.05) is 24.3 Å². The molecule has 6 nitrogen and oxygen atoms in total. The zero-order chi connectivity index (χ0) is 16.1. The van der Waals surface area contributed by atoms with Crippen LogP contribution in [0, 0.1) is 0 Å². The lowest BCUT2D eigenvalue weighted by Crippen LogP contribution is -2.05. The molecule has 1 heterocycles. The summed E-state index contributed by atoms with van der Waals surface area (Å²) in [6.07, 6.45) is 1.02. The number of tetrazole rings is 1. The number of hydrogen-bond donors (Lipinski definition) is 2. The lowest BCUT2D eigenvalue weighted by molar-refractivity contribution is 0.259. The van der Waals surface area contributed by atoms with Gasteiger partial charge in [-0.15, -0.1) is 10.2 Å². The number of aryl methyl sites for hydroxylation is 1. The van der Waals surface area contributed by atoms with Crippen molar-refractivity contribution in [2.45, 2.75) is 19.9 Å². The first-order valence-corrected chi connectivity index (χ1v) is 7.64. The highest BCUT2D eigenvalue weighted by Gasteiger charge is 2.10. The SMILES string of the molecule is CCc1ccc(Nc2ccccc2-c2nnn(CCO)n2)cc1. The van der Waals surface area contributed by atoms with E-state index < -0.39 is 0 Å². The number of nitrogens with zero attached hydrogens (tertiary/aromatic N) is 4. The molecule has 6 heteroatoms. The second-order valence-electron chi connectivity index (χ2n) is 5.15. The van der Waals surface area contributed by atoms with Crippen LogP contribution >= 0.6 is 0 Å². The molecule has 0 aliphatic carbocycles. The largest absolute Gasteiger partial charge is 0.394 e. The molecule has 0 atom stereocenters. The maximum Gasteiger partial charge on any atom is 0.207 e. The van der Waals surface area contributed by atoms with Crippen molar-refractivity contribution in [3.05, 3.63) is 54.1 Å². The average Bonchev–Trinajstić information content (AvgIpc) is 3.05. The minimum atomic E-state index is -0.0144. The molecule has 0 saturated carbocycles. The van der Waals surface area contributed by atoms with Crippen molar-refractivity contribution < 1.29 is 5.11 Å². The average molecular weight is 309 g/mol. The molecular formula is C17H19N5O. The van der Waals surface area contributed by atoms with Crippen LogP contribution in [0.2, 0.25) is 0 Å². The molecule has 0 spiro atoms. The van der Waals surface area contributed by atoms with E-state index in [4.69, 9.17) is 5.11 Å². The van der Waals surface area contributed by atoms with Gasteiger partial charge in [0, 0.05) is 16.9 Å². The standard InChI is InChI=1S/C17H19N5O/c1-2-13-7-9-14(10-8-13)18-16-6-4-3-5-15(16)17-19-21-22(20-17)11-12-23/h3-10,18,23H,2,11-12H2,1H3. The Bertz CT molecular complexity index is 767. The minimum absolute atomic E-state index is 0.0144. The first-order valence-electron chi connectivity index (χ1n) is 7.64. The molecule has 0 bridgehead atoms. The summed E-state index contributed by atoms with van der Waals surface area (Å²) in [5.74, 6) is 0.534. The Balaban J connectivity index is 1.87. The van der Waals surface area contributed by atoms with E-state index in [1.54, 1.807) is 0 Å². The summed E-state index contributed by atoms with van der Waals surface area (Å²) in [6, 6.07) is 16.2. The smallest absolute Gasteiger partial charge is 0.207 e. The summed E-state index contributed by atoms with van der Waals surface area (Å²) in [7, 11) is 0. The lowest BCUT2D eigenvalue weighted by Gasteiger charge is -2.10. The van der Waals surface area contributed by atoms with Crippen LogP contribution in [0.3, 0.4) is 0 Å². The van der Waals surface area contributed by atoms with Crippen molar-refractivity contribution in [2.24, 2.45) is 0 Å². The van der Waals surface area contributed by atoms with Gasteiger partial charge in [0.25, 0.3) is 0 Å². The van der Waals surface area contributed by atoms with Gasteiger partial charge in [0.2, 0.25) is 5.82 Å². The predicted molar refractivity (Wildman–Crippen MR) is 89.4 cm³/mol. The molecule has 0 radical (unpaired) electrons. The molecule has 3 rings (SSSR count). The Morgan fingerprint density at radius 2 is 1.87 bits per heavy atom. The number of aliphatic hydroxyl groups excluding tert-OH is 1. The highest BCUT2D eigenvalue weighted by atomic mass is 16.3. The van der Waals surface area contributed by atoms with Gasteiger partial charge in [-0.25, -0.2) is 0 Å². The van der Waals surface area contributed by atoms with Crippen molar-refractivity contribution >= 4 is 11.4 Å². The van der Waals surface area contributed by atoms with Crippen molar-refractivity contribution in [1.82, 2.24) is 20.2 Å². The molecule has 1 aromatic heterocycles. The van der Waals surface area contributed by atoms with Crippen molar-refractivity contribution in [3.8, 4) is 11.4 Å². The summed E-state index contributed by atoms with van der Waals surface area (Å²) in [6.45, 7) is 2.46. The summed E-state index contributed by atoms with van der Waals surface area (Å²) >= 11 is 0. The molecule has 0 saturated heterocycles. The van der Waals surface area contributed by atoms with Crippen molar-refractivity contribution in [3.63, 3.8) is 0 Å². The monoisotopic (exact) mass is 309 g/mol. The predicted octanol–water partition coefficient (Wildman–Crippen LogP) is 2.64. The Hall–Kier alpha value is -2.73. The van der Waals surface area contributed by atoms with Crippen LogP contribution in [0.5, 0.6) is 0 Å². The normalized spacial score (nSPS) is 10.7. The highest BCUT2D eigenvalue weighted by Crippen LogP contribution is 2.27. The van der Waals surface area contributed by atoms with E-state index in [0.29, 0.717) is 12.4 Å². The molecule has 118 valence electrons. The minimum Gasteiger partial charge on any atom is -0.394 e. The van der Waals surface area contributed by atoms with Gasteiger partial charge in [-0.2, -0.15) is 4.80 Å². The first kappa shape index (κ1) is 15.2. The van der Waals surface area contributed by atoms with Gasteiger partial charge >= 0.3 is 0 Å². The molecule has 0 unspecified atom stereocenters. The summed E-state index contributed by atoms with van der Waals surface area (Å²) in [4.78, 5) is 1.39. The molecule has 23 heavy (non-hydrogen) atoms. The van der Waals surface area contributed by atoms with E-state index in [9.17, 15) is 0 Å². The molecule has 2 aromatic carbocycles. The molecule has 0 amide bonds. The van der Waals surface area contributed by atoms with Crippen LogP contribution in [0.4, 0.5) is 11.4 Å². The van der Waals surface area contributed by atoms with Crippen LogP contribution in [0.1, 0.15) is 12.5 Å². The lowest BCUT2D eigenvalue weighted by atomic mass is 10.1. The maximum atomic E-state index is 8.95. The number of nitrogens with one attached hydrogen (secondary N) is 1. The second-order valence-corrected chi connectivity index (χ2v) is 5.15. The van der Waals surface area contributed by atoms with Gasteiger partial charge in [0.15, 0.2) is 0 Å². The number of benzene rings is 2. The van der Waals surface area contributed by atoms with E-state index in [-0.39, 0.29) is 6.61 Å². The fraction of sp³-hybridized carbons (Fsp3) is 0.235. The number of hydrogen-bond acceptors (Lipinski definition) is 5. The highest BCUT2D eigenvalue weighted by molar-refractivity contribution is 5.77. The van der Waals surface area contributed by atoms with Gasteiger partial charge in [-0.3, -0.25) is 0 Å². The fourth-order valence-corrected chi connectivity index (χ4v) is 2.30. The summed E-state index contributed by atoms with van der Waals surface area (Å²) < 4.78 is 0. The molecule has 0 aliphatic rings. The quantitative estimate of drug-likeness (QED) is 0.732. The van der Waals surface area contributed by atoms with Crippen LogP contribution < -0.4 is 5.32 Å². The van der Waals surface area contributed by atoms with Crippen LogP contribution in [0.25, 0.3) is 11.4 Å². The van der Waals surface area contributed by atoms with Crippen molar-refractivity contribution in [2.75, 3.05) is 11.9 Å². The molecule has 0 fully saturated rings. The Morgan fingerprint density at radius 1 is 1.09 bits per heavy atom. The molecule has 3 aromatic rings. The van der Waals surface area contributed by atoms with Crippen LogP contribution in [-0.2, 0) is 13.0 Å². The van der Waals surface area contributed by atoms with Gasteiger partial charge in [-0.1, -0.05) is 31.2 Å². The van der Waals surface area contributed by atoms with Crippen LogP contribution in [0.15, 0.2) is 48.5 Å². The summed E-state index contributed by atoms with van der Waals surface area (Å²) in [5.41, 5.74) is 4.10. The van der Waals surface area contributed by atoms with Gasteiger partial charge < -0.3 is 10.4 Å².